The summed E-state index contributed by atoms with van der Waals surface area (Å²) in [7, 11) is 3.33. The second kappa shape index (κ2) is 6.24. The molecule has 0 saturated heterocycles. The van der Waals surface area contributed by atoms with Gasteiger partial charge in [-0.2, -0.15) is 5.10 Å². The van der Waals surface area contributed by atoms with Crippen molar-refractivity contribution in [1.29, 1.82) is 0 Å². The molecule has 0 aliphatic carbocycles. The van der Waals surface area contributed by atoms with Gasteiger partial charge in [0.15, 0.2) is 5.72 Å². The number of methoxy groups -OCH3 is 2. The Morgan fingerprint density at radius 3 is 2.73 bits per heavy atom. The molecule has 136 valence electrons. The van der Waals surface area contributed by atoms with Crippen LogP contribution in [-0.2, 0) is 0 Å². The first-order valence-corrected chi connectivity index (χ1v) is 8.96. The van der Waals surface area contributed by atoms with Crippen molar-refractivity contribution in [2.24, 2.45) is 5.10 Å². The van der Waals surface area contributed by atoms with Gasteiger partial charge in [-0.25, -0.2) is 5.01 Å². The fourth-order valence-corrected chi connectivity index (χ4v) is 3.75. The lowest BCUT2D eigenvalue weighted by Gasteiger charge is -2.45. The molecule has 0 radical (unpaired) electrons. The summed E-state index contributed by atoms with van der Waals surface area (Å²) in [6.45, 7) is 4.24. The minimum absolute atomic E-state index is 0.173. The minimum Gasteiger partial charge on any atom is -0.497 e. The first-order valence-electron chi connectivity index (χ1n) is 8.96. The normalized spacial score (nSPS) is 23.6. The lowest BCUT2D eigenvalue weighted by Crippen LogP contribution is -2.50. The number of nitrogens with zero attached hydrogens (tertiary/aromatic N) is 2. The molecule has 26 heavy (non-hydrogen) atoms. The van der Waals surface area contributed by atoms with E-state index in [4.69, 9.17) is 19.3 Å². The zero-order chi connectivity index (χ0) is 18.3. The van der Waals surface area contributed by atoms with Crippen LogP contribution in [0.2, 0.25) is 0 Å². The van der Waals surface area contributed by atoms with Gasteiger partial charge in [-0.15, -0.1) is 0 Å². The van der Waals surface area contributed by atoms with Crippen molar-refractivity contribution in [2.45, 2.75) is 38.5 Å². The van der Waals surface area contributed by atoms with Crippen molar-refractivity contribution in [3.63, 3.8) is 0 Å². The van der Waals surface area contributed by atoms with Gasteiger partial charge in [-0.05, 0) is 25.1 Å². The maximum absolute atomic E-state index is 6.33. The van der Waals surface area contributed by atoms with Gasteiger partial charge < -0.3 is 14.2 Å². The van der Waals surface area contributed by atoms with E-state index in [2.05, 4.69) is 31.0 Å². The fraction of sp³-hybridized carbons (Fsp3) is 0.381. The molecule has 2 aromatic carbocycles. The molecule has 5 heteroatoms. The maximum atomic E-state index is 6.33. The molecule has 2 atom stereocenters. The molecule has 4 rings (SSSR count). The Balaban J connectivity index is 1.78. The van der Waals surface area contributed by atoms with Crippen molar-refractivity contribution in [1.82, 2.24) is 5.01 Å². The van der Waals surface area contributed by atoms with Gasteiger partial charge in [0.25, 0.3) is 0 Å². The quantitative estimate of drug-likeness (QED) is 0.819. The van der Waals surface area contributed by atoms with E-state index in [1.807, 2.05) is 30.3 Å². The molecule has 0 saturated carbocycles. The molecule has 0 fully saturated rings. The van der Waals surface area contributed by atoms with Crippen molar-refractivity contribution < 1.29 is 14.2 Å². The lowest BCUT2D eigenvalue weighted by molar-refractivity contribution is -0.108. The van der Waals surface area contributed by atoms with Crippen LogP contribution in [-0.4, -0.2) is 30.7 Å². The second-order valence-electron chi connectivity index (χ2n) is 6.85. The summed E-state index contributed by atoms with van der Waals surface area (Å²) < 4.78 is 17.2. The average molecular weight is 352 g/mol. The highest BCUT2D eigenvalue weighted by Gasteiger charge is 2.46. The van der Waals surface area contributed by atoms with Gasteiger partial charge in [0.05, 0.1) is 26.0 Å². The molecular formula is C21H24N2O3. The standard InChI is InChI=1S/C21H24N2O3/c1-5-21(2)23-18(16-8-6-7-9-19(16)26-21)13-17(22-23)15-11-10-14(24-3)12-20(15)25-4/h6-12,18H,5,13H2,1-4H3/t18-,21-/m0/s1. The number of ether oxygens (including phenoxy) is 3. The largest absolute Gasteiger partial charge is 0.497 e. The van der Waals surface area contributed by atoms with Crippen LogP contribution >= 0.6 is 0 Å². The highest BCUT2D eigenvalue weighted by molar-refractivity contribution is 6.04. The Bertz CT molecular complexity index is 864. The van der Waals surface area contributed by atoms with Crippen LogP contribution < -0.4 is 14.2 Å². The Kier molecular flexibility index (Phi) is 4.02. The summed E-state index contributed by atoms with van der Waals surface area (Å²) in [5.74, 6) is 2.50. The van der Waals surface area contributed by atoms with E-state index in [0.29, 0.717) is 0 Å². The number of hydrogen-bond donors (Lipinski definition) is 0. The highest BCUT2D eigenvalue weighted by atomic mass is 16.5. The Morgan fingerprint density at radius 2 is 2.00 bits per heavy atom. The van der Waals surface area contributed by atoms with Gasteiger partial charge in [0.2, 0.25) is 0 Å². The smallest absolute Gasteiger partial charge is 0.195 e. The number of fused-ring (bicyclic) bond motifs is 3. The summed E-state index contributed by atoms with van der Waals surface area (Å²) in [4.78, 5) is 0. The molecule has 2 aliphatic rings. The molecule has 0 aromatic heterocycles. The summed E-state index contributed by atoms with van der Waals surface area (Å²) in [5.41, 5.74) is 2.73. The monoisotopic (exact) mass is 352 g/mol. The van der Waals surface area contributed by atoms with Crippen molar-refractivity contribution >= 4 is 5.71 Å². The molecule has 2 aromatic rings. The lowest BCUT2D eigenvalue weighted by atomic mass is 9.94. The Labute approximate surface area is 154 Å². The molecule has 2 aliphatic heterocycles. The molecule has 0 spiro atoms. The van der Waals surface area contributed by atoms with Crippen LogP contribution in [0.4, 0.5) is 0 Å². The molecule has 2 heterocycles. The average Bonchev–Trinajstić information content (AvgIpc) is 3.14. The van der Waals surface area contributed by atoms with Crippen LogP contribution in [0, 0.1) is 0 Å². The van der Waals surface area contributed by atoms with E-state index in [0.717, 1.165) is 41.4 Å². The van der Waals surface area contributed by atoms with Crippen molar-refractivity contribution in [3.05, 3.63) is 53.6 Å². The van der Waals surface area contributed by atoms with Gasteiger partial charge in [-0.3, -0.25) is 0 Å². The zero-order valence-corrected chi connectivity index (χ0v) is 15.7. The van der Waals surface area contributed by atoms with Crippen LogP contribution in [0.3, 0.4) is 0 Å². The fourth-order valence-electron chi connectivity index (χ4n) is 3.75. The van der Waals surface area contributed by atoms with Crippen molar-refractivity contribution in [2.75, 3.05) is 14.2 Å². The topological polar surface area (TPSA) is 43.3 Å². The van der Waals surface area contributed by atoms with E-state index in [1.165, 1.54) is 5.56 Å². The third-order valence-electron chi connectivity index (χ3n) is 5.38. The predicted octanol–water partition coefficient (Wildman–Crippen LogP) is 4.37. The van der Waals surface area contributed by atoms with Gasteiger partial charge in [0.1, 0.15) is 17.2 Å². The SMILES string of the molecule is CC[C@]1(C)Oc2ccccc2[C@@H]2CC(c3ccc(OC)cc3OC)=NN21. The summed E-state index contributed by atoms with van der Waals surface area (Å²) in [5, 5.41) is 7.09. The second-order valence-corrected chi connectivity index (χ2v) is 6.85. The molecule has 0 unspecified atom stereocenters. The van der Waals surface area contributed by atoms with E-state index in [-0.39, 0.29) is 6.04 Å². The Hall–Kier alpha value is -2.69. The van der Waals surface area contributed by atoms with E-state index < -0.39 is 5.72 Å². The number of benzene rings is 2. The molecule has 0 amide bonds. The highest BCUT2D eigenvalue weighted by Crippen LogP contribution is 2.48. The van der Waals surface area contributed by atoms with Gasteiger partial charge in [0, 0.05) is 30.0 Å². The first kappa shape index (κ1) is 16.8. The molecule has 5 nitrogen and oxygen atoms in total. The molecular weight excluding hydrogens is 328 g/mol. The van der Waals surface area contributed by atoms with Crippen LogP contribution in [0.5, 0.6) is 17.2 Å². The van der Waals surface area contributed by atoms with E-state index in [9.17, 15) is 0 Å². The zero-order valence-electron chi connectivity index (χ0n) is 15.7. The molecule has 0 N–H and O–H groups in total. The first-order chi connectivity index (χ1) is 12.6. The minimum atomic E-state index is -0.458. The summed E-state index contributed by atoms with van der Waals surface area (Å²) in [6.07, 6.45) is 1.66. The maximum Gasteiger partial charge on any atom is 0.195 e. The van der Waals surface area contributed by atoms with Crippen molar-refractivity contribution in [3.8, 4) is 17.2 Å². The number of hydrogen-bond acceptors (Lipinski definition) is 5. The number of para-hydroxylation sites is 1. The molecule has 0 bridgehead atoms. The summed E-state index contributed by atoms with van der Waals surface area (Å²) >= 11 is 0. The third-order valence-corrected chi connectivity index (χ3v) is 5.38. The predicted molar refractivity (Wildman–Crippen MR) is 101 cm³/mol. The van der Waals surface area contributed by atoms with Gasteiger partial charge in [-0.1, -0.05) is 25.1 Å². The van der Waals surface area contributed by atoms with E-state index >= 15 is 0 Å². The van der Waals surface area contributed by atoms with Crippen LogP contribution in [0.25, 0.3) is 0 Å². The van der Waals surface area contributed by atoms with Crippen LogP contribution in [0.15, 0.2) is 47.6 Å². The third kappa shape index (κ3) is 2.50. The van der Waals surface area contributed by atoms with E-state index in [1.54, 1.807) is 14.2 Å². The Morgan fingerprint density at radius 1 is 1.19 bits per heavy atom. The summed E-state index contributed by atoms with van der Waals surface area (Å²) in [6, 6.07) is 14.3. The number of rotatable bonds is 4. The van der Waals surface area contributed by atoms with Gasteiger partial charge >= 0.3 is 0 Å². The number of hydrazone groups is 1. The van der Waals surface area contributed by atoms with Crippen LogP contribution in [0.1, 0.15) is 43.9 Å².